The summed E-state index contributed by atoms with van der Waals surface area (Å²) in [6.45, 7) is 5.52. The van der Waals surface area contributed by atoms with E-state index in [4.69, 9.17) is 9.47 Å². The lowest BCUT2D eigenvalue weighted by Gasteiger charge is -2.12. The number of fused-ring (bicyclic) bond motifs is 1. The second-order valence-corrected chi connectivity index (χ2v) is 8.00. The molecule has 2 aromatic rings. The second kappa shape index (κ2) is 14.5. The van der Waals surface area contributed by atoms with E-state index in [1.807, 2.05) is 0 Å². The minimum Gasteiger partial charge on any atom is -0.474 e. The van der Waals surface area contributed by atoms with Crippen molar-refractivity contribution in [3.63, 3.8) is 0 Å². The molecule has 0 N–H and O–H groups in total. The average molecular weight is 432 g/mol. The minimum atomic E-state index is -0.430. The number of nitrogens with zero attached hydrogens (tertiary/aromatic N) is 3. The molecule has 0 saturated carbocycles. The quantitative estimate of drug-likeness (QED) is 0.152. The van der Waals surface area contributed by atoms with E-state index in [-0.39, 0.29) is 5.69 Å². The van der Waals surface area contributed by atoms with E-state index in [9.17, 15) is 10.1 Å². The Morgan fingerprint density at radius 2 is 1.23 bits per heavy atom. The molecule has 0 unspecified atom stereocenters. The van der Waals surface area contributed by atoms with Gasteiger partial charge in [0.25, 0.3) is 17.4 Å². The van der Waals surface area contributed by atoms with E-state index in [2.05, 4.69) is 23.8 Å². The minimum absolute atomic E-state index is 0.00979. The average Bonchev–Trinajstić information content (AvgIpc) is 2.77. The number of non-ortho nitro benzene ring substituents is 1. The van der Waals surface area contributed by atoms with Gasteiger partial charge in [-0.3, -0.25) is 10.1 Å². The summed E-state index contributed by atoms with van der Waals surface area (Å²) in [5.41, 5.74) is 0.999. The topological polar surface area (TPSA) is 87.4 Å². The molecular weight excluding hydrogens is 394 g/mol. The van der Waals surface area contributed by atoms with Crippen molar-refractivity contribution < 1.29 is 14.4 Å². The predicted octanol–water partition coefficient (Wildman–Crippen LogP) is 7.02. The standard InChI is InChI=1S/C24H37N3O4/c1-3-5-7-9-11-13-17-30-23-24(31-18-14-12-10-8-6-4-2)26-22-19-20(27(28)29)15-16-21(22)25-23/h15-16,19H,3-14,17-18H2,1-2H3. The first-order valence-corrected chi connectivity index (χ1v) is 11.9. The van der Waals surface area contributed by atoms with Crippen molar-refractivity contribution in [2.24, 2.45) is 0 Å². The monoisotopic (exact) mass is 431 g/mol. The van der Waals surface area contributed by atoms with Crippen molar-refractivity contribution in [2.45, 2.75) is 90.9 Å². The number of hydrogen-bond donors (Lipinski definition) is 0. The summed E-state index contributed by atoms with van der Waals surface area (Å²) in [4.78, 5) is 19.7. The highest BCUT2D eigenvalue weighted by molar-refractivity contribution is 5.78. The lowest BCUT2D eigenvalue weighted by atomic mass is 10.1. The zero-order valence-corrected chi connectivity index (χ0v) is 19.1. The van der Waals surface area contributed by atoms with Crippen LogP contribution < -0.4 is 9.47 Å². The molecule has 31 heavy (non-hydrogen) atoms. The molecule has 7 heteroatoms. The maximum atomic E-state index is 11.1. The first-order chi connectivity index (χ1) is 15.2. The van der Waals surface area contributed by atoms with Gasteiger partial charge in [0.2, 0.25) is 0 Å². The maximum Gasteiger partial charge on any atom is 0.278 e. The van der Waals surface area contributed by atoms with Crippen LogP contribution in [-0.2, 0) is 0 Å². The largest absolute Gasteiger partial charge is 0.474 e. The molecule has 0 fully saturated rings. The highest BCUT2D eigenvalue weighted by atomic mass is 16.6. The Bertz CT molecular complexity index is 798. The summed E-state index contributed by atoms with van der Waals surface area (Å²) >= 11 is 0. The lowest BCUT2D eigenvalue weighted by molar-refractivity contribution is -0.384. The Hall–Kier alpha value is -2.44. The van der Waals surface area contributed by atoms with Gasteiger partial charge in [-0.15, -0.1) is 0 Å². The van der Waals surface area contributed by atoms with Crippen molar-refractivity contribution >= 4 is 16.7 Å². The molecule has 0 radical (unpaired) electrons. The zero-order valence-electron chi connectivity index (χ0n) is 19.1. The Balaban J connectivity index is 1.98. The van der Waals surface area contributed by atoms with E-state index in [0.717, 1.165) is 25.7 Å². The fraction of sp³-hybridized carbons (Fsp3) is 0.667. The molecule has 0 bridgehead atoms. The Morgan fingerprint density at radius 1 is 0.742 bits per heavy atom. The van der Waals surface area contributed by atoms with Gasteiger partial charge >= 0.3 is 0 Å². The number of rotatable bonds is 17. The molecule has 0 atom stereocenters. The molecule has 1 aromatic heterocycles. The van der Waals surface area contributed by atoms with E-state index < -0.39 is 4.92 Å². The Morgan fingerprint density at radius 3 is 1.74 bits per heavy atom. The fourth-order valence-electron chi connectivity index (χ4n) is 3.41. The van der Waals surface area contributed by atoms with Crippen LogP contribution in [0.4, 0.5) is 5.69 Å². The van der Waals surface area contributed by atoms with Gasteiger partial charge in [-0.2, -0.15) is 0 Å². The van der Waals surface area contributed by atoms with Gasteiger partial charge in [-0.1, -0.05) is 78.1 Å². The summed E-state index contributed by atoms with van der Waals surface area (Å²) in [6, 6.07) is 4.47. The van der Waals surface area contributed by atoms with Crippen LogP contribution in [0.1, 0.15) is 90.9 Å². The maximum absolute atomic E-state index is 11.1. The van der Waals surface area contributed by atoms with E-state index >= 15 is 0 Å². The van der Waals surface area contributed by atoms with Crippen LogP contribution in [0.5, 0.6) is 11.8 Å². The molecule has 0 saturated heterocycles. The summed E-state index contributed by atoms with van der Waals surface area (Å²) in [5.74, 6) is 0.702. The van der Waals surface area contributed by atoms with Crippen molar-refractivity contribution in [3.05, 3.63) is 28.3 Å². The zero-order chi connectivity index (χ0) is 22.3. The van der Waals surface area contributed by atoms with Crippen molar-refractivity contribution in [1.82, 2.24) is 9.97 Å². The molecule has 0 amide bonds. The molecule has 0 aliphatic rings. The van der Waals surface area contributed by atoms with Crippen molar-refractivity contribution in [3.8, 4) is 11.8 Å². The lowest BCUT2D eigenvalue weighted by Crippen LogP contribution is -2.06. The number of unbranched alkanes of at least 4 members (excludes halogenated alkanes) is 10. The highest BCUT2D eigenvalue weighted by Gasteiger charge is 2.15. The van der Waals surface area contributed by atoms with Gasteiger partial charge in [0.1, 0.15) is 0 Å². The molecule has 1 heterocycles. The molecule has 0 aliphatic heterocycles. The molecule has 7 nitrogen and oxygen atoms in total. The Kier molecular flexibility index (Phi) is 11.6. The third-order valence-corrected chi connectivity index (χ3v) is 5.27. The van der Waals surface area contributed by atoms with Crippen LogP contribution in [0.25, 0.3) is 11.0 Å². The normalized spacial score (nSPS) is 11.0. The molecular formula is C24H37N3O4. The predicted molar refractivity (Wildman–Crippen MR) is 124 cm³/mol. The first kappa shape index (κ1) is 24.8. The van der Waals surface area contributed by atoms with E-state index in [1.54, 1.807) is 6.07 Å². The number of hydrogen-bond acceptors (Lipinski definition) is 6. The fourth-order valence-corrected chi connectivity index (χ4v) is 3.41. The molecule has 0 spiro atoms. The smallest absolute Gasteiger partial charge is 0.278 e. The summed E-state index contributed by atoms with van der Waals surface area (Å²) in [7, 11) is 0. The van der Waals surface area contributed by atoms with Gasteiger partial charge in [0, 0.05) is 12.1 Å². The molecule has 1 aromatic carbocycles. The first-order valence-electron chi connectivity index (χ1n) is 11.9. The van der Waals surface area contributed by atoms with E-state index in [1.165, 1.54) is 63.5 Å². The SMILES string of the molecule is CCCCCCCCOc1nc2ccc([N+](=O)[O-])cc2nc1OCCCCCCCC. The van der Waals surface area contributed by atoms with Crippen LogP contribution in [0, 0.1) is 10.1 Å². The number of nitro groups is 1. The number of nitro benzene ring substituents is 1. The summed E-state index contributed by atoms with van der Waals surface area (Å²) in [5, 5.41) is 11.1. The third-order valence-electron chi connectivity index (χ3n) is 5.27. The van der Waals surface area contributed by atoms with Crippen LogP contribution in [-0.4, -0.2) is 28.1 Å². The van der Waals surface area contributed by atoms with Crippen LogP contribution in [0.3, 0.4) is 0 Å². The summed E-state index contributed by atoms with van der Waals surface area (Å²) in [6.07, 6.45) is 14.1. The van der Waals surface area contributed by atoms with Gasteiger partial charge in [0.05, 0.1) is 29.2 Å². The van der Waals surface area contributed by atoms with Crippen molar-refractivity contribution in [2.75, 3.05) is 13.2 Å². The number of ether oxygens (including phenoxy) is 2. The molecule has 2 rings (SSSR count). The van der Waals surface area contributed by atoms with Gasteiger partial charge < -0.3 is 9.47 Å². The van der Waals surface area contributed by atoms with E-state index in [0.29, 0.717) is 36.0 Å². The van der Waals surface area contributed by atoms with Crippen LogP contribution >= 0.6 is 0 Å². The second-order valence-electron chi connectivity index (χ2n) is 8.00. The number of benzene rings is 1. The van der Waals surface area contributed by atoms with Crippen molar-refractivity contribution in [1.29, 1.82) is 0 Å². The van der Waals surface area contributed by atoms with Crippen LogP contribution in [0.15, 0.2) is 18.2 Å². The summed E-state index contributed by atoms with van der Waals surface area (Å²) < 4.78 is 11.8. The highest BCUT2D eigenvalue weighted by Crippen LogP contribution is 2.28. The van der Waals surface area contributed by atoms with Gasteiger partial charge in [0.15, 0.2) is 0 Å². The van der Waals surface area contributed by atoms with Gasteiger partial charge in [-0.25, -0.2) is 9.97 Å². The molecule has 0 aliphatic carbocycles. The van der Waals surface area contributed by atoms with Crippen LogP contribution in [0.2, 0.25) is 0 Å². The number of aromatic nitrogens is 2. The Labute approximate surface area is 185 Å². The third kappa shape index (κ3) is 9.07. The molecule has 172 valence electrons. The van der Waals surface area contributed by atoms with Gasteiger partial charge in [-0.05, 0) is 18.9 Å².